The minimum atomic E-state index is -0.583. The monoisotopic (exact) mass is 375 g/mol. The summed E-state index contributed by atoms with van der Waals surface area (Å²) in [4.78, 5) is 30.0. The number of aromatic nitrogens is 1. The molecule has 1 fully saturated rings. The predicted molar refractivity (Wildman–Crippen MR) is 102 cm³/mol. The number of Topliss-reactive ketones (excluding diaryl/α,β-unsaturated/α-hetero) is 1. The van der Waals surface area contributed by atoms with Crippen molar-refractivity contribution in [1.29, 1.82) is 0 Å². The summed E-state index contributed by atoms with van der Waals surface area (Å²) in [6.45, 7) is 1.17. The largest absolute Gasteiger partial charge is 0.368 e. The molecule has 3 N–H and O–H groups in total. The molecule has 1 aliphatic heterocycles. The smallest absolute Gasteiger partial charge is 0.249 e. The molecule has 0 radical (unpaired) electrons. The third-order valence-corrected chi connectivity index (χ3v) is 5.61. The lowest BCUT2D eigenvalue weighted by molar-refractivity contribution is -0.136. The molecule has 1 aliphatic rings. The van der Waals surface area contributed by atoms with Gasteiger partial charge in [-0.05, 0) is 57.2 Å². The molecule has 0 aliphatic carbocycles. The molecule has 0 bridgehead atoms. The Balaban J connectivity index is 1.73. The summed E-state index contributed by atoms with van der Waals surface area (Å²) in [5.41, 5.74) is 6.38. The lowest BCUT2D eigenvalue weighted by Gasteiger charge is -2.24. The molecule has 1 saturated heterocycles. The van der Waals surface area contributed by atoms with E-state index in [1.54, 1.807) is 0 Å². The lowest BCUT2D eigenvalue weighted by atomic mass is 10.0. The van der Waals surface area contributed by atoms with Gasteiger partial charge in [-0.2, -0.15) is 0 Å². The number of hydrogen-bond donors (Lipinski definition) is 2. The maximum atomic E-state index is 13.0. The number of unbranched alkanes of at least 4 members (excludes halogenated alkanes) is 1. The molecule has 1 aromatic heterocycles. The maximum absolute atomic E-state index is 13.0. The van der Waals surface area contributed by atoms with Crippen LogP contribution >= 0.6 is 11.3 Å². The van der Waals surface area contributed by atoms with Crippen molar-refractivity contribution < 1.29 is 14.3 Å². The minimum absolute atomic E-state index is 0.132. The van der Waals surface area contributed by atoms with E-state index in [-0.39, 0.29) is 11.7 Å². The Morgan fingerprint density at radius 1 is 1.31 bits per heavy atom. The number of carbonyl (C=O) groups excluding carboxylic acids is 2. The Bertz CT molecular complexity index is 722. The molecule has 2 heterocycles. The molecule has 6 nitrogen and oxygen atoms in total. The third-order valence-electron chi connectivity index (χ3n) is 4.56. The molecule has 2 atom stereocenters. The number of para-hydroxylation sites is 1. The summed E-state index contributed by atoms with van der Waals surface area (Å²) in [5, 5.41) is 3.34. The van der Waals surface area contributed by atoms with Gasteiger partial charge in [-0.3, -0.25) is 9.59 Å². The highest BCUT2D eigenvalue weighted by molar-refractivity contribution is 7.20. The fourth-order valence-corrected chi connectivity index (χ4v) is 4.06. The first-order valence-corrected chi connectivity index (χ1v) is 10.0. The van der Waals surface area contributed by atoms with E-state index in [1.807, 2.05) is 24.3 Å². The Morgan fingerprint density at radius 3 is 2.88 bits per heavy atom. The van der Waals surface area contributed by atoms with Gasteiger partial charge >= 0.3 is 0 Å². The Morgan fingerprint density at radius 2 is 2.15 bits per heavy atom. The summed E-state index contributed by atoms with van der Waals surface area (Å²) in [6, 6.07) is 7.08. The van der Waals surface area contributed by atoms with Gasteiger partial charge in [0, 0.05) is 6.61 Å². The number of hydrogen-bond acceptors (Lipinski definition) is 6. The van der Waals surface area contributed by atoms with Crippen molar-refractivity contribution in [2.24, 2.45) is 5.73 Å². The van der Waals surface area contributed by atoms with E-state index in [2.05, 4.69) is 10.3 Å². The minimum Gasteiger partial charge on any atom is -0.368 e. The third kappa shape index (κ3) is 4.66. The van der Waals surface area contributed by atoms with Gasteiger partial charge in [0.15, 0.2) is 5.01 Å². The number of nitrogens with one attached hydrogen (secondary N) is 1. The number of amides is 1. The molecule has 0 spiro atoms. The van der Waals surface area contributed by atoms with Crippen molar-refractivity contribution in [3.05, 3.63) is 29.3 Å². The second kappa shape index (κ2) is 9.21. The van der Waals surface area contributed by atoms with Crippen molar-refractivity contribution >= 4 is 33.2 Å². The first-order chi connectivity index (χ1) is 12.7. The summed E-state index contributed by atoms with van der Waals surface area (Å²) in [6.07, 6.45) is 4.36. The van der Waals surface area contributed by atoms with Crippen molar-refractivity contribution in [2.45, 2.75) is 50.7 Å². The standard InChI is InChI=1S/C19H25N3O3S/c20-11-5-3-8-14(21-18(24)15-9-4-6-12-25-15)17(23)19-22-13-7-1-2-10-16(13)26-19/h1-2,7,10,14-15H,3-6,8-9,11-12,20H2,(H,21,24)/t14-,15?/m1/s1. The molecule has 1 aromatic carbocycles. The van der Waals surface area contributed by atoms with Crippen LogP contribution in [0.1, 0.15) is 48.3 Å². The van der Waals surface area contributed by atoms with E-state index in [0.717, 1.165) is 35.9 Å². The predicted octanol–water partition coefficient (Wildman–Crippen LogP) is 2.66. The quantitative estimate of drug-likeness (QED) is 0.546. The zero-order chi connectivity index (χ0) is 18.4. The Hall–Kier alpha value is -1.83. The van der Waals surface area contributed by atoms with E-state index in [9.17, 15) is 9.59 Å². The van der Waals surface area contributed by atoms with Gasteiger partial charge in [0.2, 0.25) is 11.7 Å². The Labute approximate surface area is 157 Å². The van der Waals surface area contributed by atoms with Crippen LogP contribution in [-0.2, 0) is 9.53 Å². The number of rotatable bonds is 8. The van der Waals surface area contributed by atoms with E-state index in [4.69, 9.17) is 10.5 Å². The van der Waals surface area contributed by atoms with Crippen LogP contribution in [-0.4, -0.2) is 42.0 Å². The zero-order valence-corrected chi connectivity index (χ0v) is 15.6. The molecule has 1 amide bonds. The highest BCUT2D eigenvalue weighted by Gasteiger charge is 2.29. The fraction of sp³-hybridized carbons (Fsp3) is 0.526. The summed E-state index contributed by atoms with van der Waals surface area (Å²) >= 11 is 1.37. The van der Waals surface area contributed by atoms with Gasteiger partial charge in [-0.25, -0.2) is 4.98 Å². The van der Waals surface area contributed by atoms with Gasteiger partial charge < -0.3 is 15.8 Å². The maximum Gasteiger partial charge on any atom is 0.249 e. The van der Waals surface area contributed by atoms with Gasteiger partial charge in [-0.15, -0.1) is 11.3 Å². The summed E-state index contributed by atoms with van der Waals surface area (Å²) in [7, 11) is 0. The highest BCUT2D eigenvalue weighted by Crippen LogP contribution is 2.23. The van der Waals surface area contributed by atoms with Crippen LogP contribution in [0.4, 0.5) is 0 Å². The van der Waals surface area contributed by atoms with Crippen molar-refractivity contribution in [3.63, 3.8) is 0 Å². The normalized spacial score (nSPS) is 18.6. The average molecular weight is 375 g/mol. The van der Waals surface area contributed by atoms with Gasteiger partial charge in [0.05, 0.1) is 16.3 Å². The van der Waals surface area contributed by atoms with Gasteiger partial charge in [-0.1, -0.05) is 12.1 Å². The van der Waals surface area contributed by atoms with Crippen molar-refractivity contribution in [3.8, 4) is 0 Å². The van der Waals surface area contributed by atoms with E-state index in [1.165, 1.54) is 11.3 Å². The van der Waals surface area contributed by atoms with Crippen molar-refractivity contribution in [1.82, 2.24) is 10.3 Å². The molecule has 0 saturated carbocycles. The average Bonchev–Trinajstić information content (AvgIpc) is 3.11. The molecule has 7 heteroatoms. The van der Waals surface area contributed by atoms with Crippen LogP contribution in [0.25, 0.3) is 10.2 Å². The number of nitrogens with zero attached hydrogens (tertiary/aromatic N) is 1. The first kappa shape index (κ1) is 18.9. The van der Waals surface area contributed by atoms with Crippen LogP contribution in [0.5, 0.6) is 0 Å². The molecule has 3 rings (SSSR count). The van der Waals surface area contributed by atoms with E-state index >= 15 is 0 Å². The van der Waals surface area contributed by atoms with Crippen molar-refractivity contribution in [2.75, 3.05) is 13.2 Å². The van der Waals surface area contributed by atoms with Crippen LogP contribution in [0.15, 0.2) is 24.3 Å². The highest BCUT2D eigenvalue weighted by atomic mass is 32.1. The van der Waals surface area contributed by atoms with Gasteiger partial charge in [0.25, 0.3) is 0 Å². The summed E-state index contributed by atoms with van der Waals surface area (Å²) < 4.78 is 6.51. The second-order valence-corrected chi connectivity index (χ2v) is 7.58. The molecular formula is C19H25N3O3S. The van der Waals surface area contributed by atoms with Crippen LogP contribution < -0.4 is 11.1 Å². The molecule has 1 unspecified atom stereocenters. The number of benzene rings is 1. The van der Waals surface area contributed by atoms with Crippen LogP contribution in [0.2, 0.25) is 0 Å². The van der Waals surface area contributed by atoms with E-state index < -0.39 is 12.1 Å². The molecule has 26 heavy (non-hydrogen) atoms. The number of carbonyl (C=O) groups is 2. The number of ether oxygens (including phenoxy) is 1. The zero-order valence-electron chi connectivity index (χ0n) is 14.8. The second-order valence-electron chi connectivity index (χ2n) is 6.55. The Kier molecular flexibility index (Phi) is 6.71. The molecule has 140 valence electrons. The number of nitrogens with two attached hydrogens (primary N) is 1. The number of thiazole rings is 1. The van der Waals surface area contributed by atoms with Crippen LogP contribution in [0.3, 0.4) is 0 Å². The number of ketones is 1. The first-order valence-electron chi connectivity index (χ1n) is 9.21. The van der Waals surface area contributed by atoms with Crippen LogP contribution in [0, 0.1) is 0 Å². The lowest BCUT2D eigenvalue weighted by Crippen LogP contribution is -2.47. The SMILES string of the molecule is NCCCC[C@@H](NC(=O)C1CCCCO1)C(=O)c1nc2ccccc2s1. The molecule has 2 aromatic rings. The summed E-state index contributed by atoms with van der Waals surface area (Å²) in [5.74, 6) is -0.329. The fourth-order valence-electron chi connectivity index (χ4n) is 3.10. The van der Waals surface area contributed by atoms with E-state index in [0.29, 0.717) is 31.0 Å². The number of fused-ring (bicyclic) bond motifs is 1. The topological polar surface area (TPSA) is 94.3 Å². The van der Waals surface area contributed by atoms with Gasteiger partial charge in [0.1, 0.15) is 6.10 Å². The molecular weight excluding hydrogens is 350 g/mol.